The molecule has 2 amide bonds. The molecule has 0 unspecified atom stereocenters. The van der Waals surface area contributed by atoms with E-state index in [-0.39, 0.29) is 36.4 Å². The van der Waals surface area contributed by atoms with Gasteiger partial charge in [-0.15, -0.1) is 11.3 Å². The molecule has 116 valence electrons. The summed E-state index contributed by atoms with van der Waals surface area (Å²) in [5.41, 5.74) is 0.202. The summed E-state index contributed by atoms with van der Waals surface area (Å²) < 4.78 is 0. The summed E-state index contributed by atoms with van der Waals surface area (Å²) in [4.78, 5) is 39.4. The van der Waals surface area contributed by atoms with Gasteiger partial charge in [0, 0.05) is 25.4 Å². The third-order valence-electron chi connectivity index (χ3n) is 2.57. The molecule has 0 saturated carbocycles. The fourth-order valence-corrected chi connectivity index (χ4v) is 2.23. The van der Waals surface area contributed by atoms with Crippen molar-refractivity contribution in [3.63, 3.8) is 0 Å². The SMILES string of the molecule is CC(C)CC(=O)Nc1nc(C(=O)N(C)CCC(=O)O)cs1. The van der Waals surface area contributed by atoms with Gasteiger partial charge in [-0.2, -0.15) is 0 Å². The number of thiazole rings is 1. The zero-order valence-electron chi connectivity index (χ0n) is 12.3. The Morgan fingerprint density at radius 2 is 2.10 bits per heavy atom. The Morgan fingerprint density at radius 1 is 1.43 bits per heavy atom. The number of anilines is 1. The number of rotatable bonds is 7. The molecular formula is C13H19N3O4S. The number of nitrogens with zero attached hydrogens (tertiary/aromatic N) is 2. The van der Waals surface area contributed by atoms with Crippen LogP contribution in [-0.4, -0.2) is 46.4 Å². The van der Waals surface area contributed by atoms with E-state index in [9.17, 15) is 14.4 Å². The molecule has 0 bridgehead atoms. The van der Waals surface area contributed by atoms with Gasteiger partial charge in [0.1, 0.15) is 5.69 Å². The van der Waals surface area contributed by atoms with E-state index >= 15 is 0 Å². The quantitative estimate of drug-likeness (QED) is 0.797. The van der Waals surface area contributed by atoms with Crippen molar-refractivity contribution in [1.82, 2.24) is 9.88 Å². The first-order chi connectivity index (χ1) is 9.79. The highest BCUT2D eigenvalue weighted by Gasteiger charge is 2.17. The highest BCUT2D eigenvalue weighted by atomic mass is 32.1. The number of nitrogens with one attached hydrogen (secondary N) is 1. The van der Waals surface area contributed by atoms with Crippen LogP contribution in [0.3, 0.4) is 0 Å². The lowest BCUT2D eigenvalue weighted by Crippen LogP contribution is -2.29. The summed E-state index contributed by atoms with van der Waals surface area (Å²) >= 11 is 1.17. The fraction of sp³-hybridized carbons (Fsp3) is 0.538. The van der Waals surface area contributed by atoms with Crippen LogP contribution >= 0.6 is 11.3 Å². The third-order valence-corrected chi connectivity index (χ3v) is 3.33. The Labute approximate surface area is 127 Å². The van der Waals surface area contributed by atoms with Crippen LogP contribution in [0.25, 0.3) is 0 Å². The van der Waals surface area contributed by atoms with Crippen molar-refractivity contribution in [2.24, 2.45) is 5.92 Å². The second-order valence-corrected chi connectivity index (χ2v) is 5.91. The highest BCUT2D eigenvalue weighted by Crippen LogP contribution is 2.17. The van der Waals surface area contributed by atoms with Crippen molar-refractivity contribution in [1.29, 1.82) is 0 Å². The van der Waals surface area contributed by atoms with Gasteiger partial charge in [0.05, 0.1) is 6.42 Å². The van der Waals surface area contributed by atoms with Gasteiger partial charge in [-0.1, -0.05) is 13.8 Å². The topological polar surface area (TPSA) is 99.6 Å². The number of carboxylic acid groups (broad SMARTS) is 1. The van der Waals surface area contributed by atoms with Gasteiger partial charge in [0.25, 0.3) is 5.91 Å². The van der Waals surface area contributed by atoms with Crippen LogP contribution in [0.5, 0.6) is 0 Å². The molecule has 1 heterocycles. The number of carbonyl (C=O) groups excluding carboxylic acids is 2. The maximum atomic E-state index is 12.0. The van der Waals surface area contributed by atoms with Gasteiger partial charge in [-0.3, -0.25) is 14.4 Å². The molecule has 0 spiro atoms. The number of aliphatic carboxylic acids is 1. The summed E-state index contributed by atoms with van der Waals surface area (Å²) in [5.74, 6) is -1.22. The van der Waals surface area contributed by atoms with Crippen LogP contribution in [0.1, 0.15) is 37.2 Å². The molecule has 0 aliphatic carbocycles. The van der Waals surface area contributed by atoms with Crippen molar-refractivity contribution in [3.05, 3.63) is 11.1 Å². The van der Waals surface area contributed by atoms with Crippen molar-refractivity contribution in [2.45, 2.75) is 26.7 Å². The van der Waals surface area contributed by atoms with Crippen LogP contribution in [0.2, 0.25) is 0 Å². The number of carboxylic acids is 1. The Balaban J connectivity index is 2.59. The number of aromatic nitrogens is 1. The summed E-state index contributed by atoms with van der Waals surface area (Å²) in [6, 6.07) is 0. The summed E-state index contributed by atoms with van der Waals surface area (Å²) in [7, 11) is 1.52. The minimum Gasteiger partial charge on any atom is -0.481 e. The lowest BCUT2D eigenvalue weighted by Gasteiger charge is -2.14. The predicted molar refractivity (Wildman–Crippen MR) is 79.4 cm³/mol. The zero-order valence-corrected chi connectivity index (χ0v) is 13.1. The minimum atomic E-state index is -0.963. The first-order valence-corrected chi connectivity index (χ1v) is 7.40. The lowest BCUT2D eigenvalue weighted by molar-refractivity contribution is -0.137. The number of hydrogen-bond donors (Lipinski definition) is 2. The minimum absolute atomic E-state index is 0.112. The second kappa shape index (κ2) is 7.72. The average Bonchev–Trinajstić information content (AvgIpc) is 2.82. The van der Waals surface area contributed by atoms with E-state index < -0.39 is 5.97 Å². The molecule has 21 heavy (non-hydrogen) atoms. The fourth-order valence-electron chi connectivity index (χ4n) is 1.53. The zero-order chi connectivity index (χ0) is 16.0. The van der Waals surface area contributed by atoms with Gasteiger partial charge in [0.15, 0.2) is 5.13 Å². The molecule has 0 saturated heterocycles. The molecule has 0 radical (unpaired) electrons. The van der Waals surface area contributed by atoms with Crippen LogP contribution in [-0.2, 0) is 9.59 Å². The number of carbonyl (C=O) groups is 3. The Morgan fingerprint density at radius 3 is 2.67 bits per heavy atom. The standard InChI is InChI=1S/C13H19N3O4S/c1-8(2)6-10(17)15-13-14-9(7-21-13)12(20)16(3)5-4-11(18)19/h7-8H,4-6H2,1-3H3,(H,18,19)(H,14,15,17). The van der Waals surface area contributed by atoms with Crippen LogP contribution in [0.15, 0.2) is 5.38 Å². The average molecular weight is 313 g/mol. The first-order valence-electron chi connectivity index (χ1n) is 6.52. The molecule has 0 aliphatic rings. The third kappa shape index (κ3) is 5.90. The molecule has 8 heteroatoms. The predicted octanol–water partition coefficient (Wildman–Crippen LogP) is 1.67. The Hall–Kier alpha value is -1.96. The largest absolute Gasteiger partial charge is 0.481 e. The van der Waals surface area contributed by atoms with Gasteiger partial charge in [0.2, 0.25) is 5.91 Å². The second-order valence-electron chi connectivity index (χ2n) is 5.05. The van der Waals surface area contributed by atoms with E-state index in [2.05, 4.69) is 10.3 Å². The van der Waals surface area contributed by atoms with Crippen LogP contribution < -0.4 is 5.32 Å². The van der Waals surface area contributed by atoms with Crippen molar-refractivity contribution < 1.29 is 19.5 Å². The van der Waals surface area contributed by atoms with E-state index in [1.165, 1.54) is 23.3 Å². The first kappa shape index (κ1) is 17.1. The lowest BCUT2D eigenvalue weighted by atomic mass is 10.1. The van der Waals surface area contributed by atoms with E-state index in [1.54, 1.807) is 5.38 Å². The van der Waals surface area contributed by atoms with E-state index in [4.69, 9.17) is 5.11 Å². The molecule has 2 N–H and O–H groups in total. The van der Waals surface area contributed by atoms with Crippen molar-refractivity contribution in [3.8, 4) is 0 Å². The molecule has 1 aromatic heterocycles. The Bertz CT molecular complexity index is 527. The molecule has 0 aromatic carbocycles. The molecule has 0 aliphatic heterocycles. The maximum Gasteiger partial charge on any atom is 0.305 e. The normalized spacial score (nSPS) is 10.5. The van der Waals surface area contributed by atoms with Gasteiger partial charge >= 0.3 is 5.97 Å². The molecule has 1 aromatic rings. The number of amides is 2. The van der Waals surface area contributed by atoms with Crippen LogP contribution in [0, 0.1) is 5.92 Å². The number of hydrogen-bond acceptors (Lipinski definition) is 5. The smallest absolute Gasteiger partial charge is 0.305 e. The van der Waals surface area contributed by atoms with Crippen LogP contribution in [0.4, 0.5) is 5.13 Å². The van der Waals surface area contributed by atoms with E-state index in [1.807, 2.05) is 13.8 Å². The Kier molecular flexibility index (Phi) is 6.29. The molecular weight excluding hydrogens is 294 g/mol. The molecule has 0 fully saturated rings. The summed E-state index contributed by atoms with van der Waals surface area (Å²) in [6.07, 6.45) is 0.270. The van der Waals surface area contributed by atoms with Gasteiger partial charge in [-0.25, -0.2) is 4.98 Å². The summed E-state index contributed by atoms with van der Waals surface area (Å²) in [6.45, 7) is 3.99. The van der Waals surface area contributed by atoms with E-state index in [0.717, 1.165) is 0 Å². The van der Waals surface area contributed by atoms with Gasteiger partial charge in [-0.05, 0) is 5.92 Å². The monoisotopic (exact) mass is 313 g/mol. The molecule has 0 atom stereocenters. The molecule has 7 nitrogen and oxygen atoms in total. The molecule has 1 rings (SSSR count). The van der Waals surface area contributed by atoms with E-state index in [0.29, 0.717) is 11.6 Å². The maximum absolute atomic E-state index is 12.0. The van der Waals surface area contributed by atoms with Crippen molar-refractivity contribution >= 4 is 34.3 Å². The highest BCUT2D eigenvalue weighted by molar-refractivity contribution is 7.14. The van der Waals surface area contributed by atoms with Crippen molar-refractivity contribution in [2.75, 3.05) is 18.9 Å². The summed E-state index contributed by atoms with van der Waals surface area (Å²) in [5, 5.41) is 13.1. The van der Waals surface area contributed by atoms with Gasteiger partial charge < -0.3 is 15.3 Å².